The Labute approximate surface area is 47.1 Å². The van der Waals surface area contributed by atoms with Gasteiger partial charge in [0.05, 0.1) is 0 Å². The van der Waals surface area contributed by atoms with Gasteiger partial charge in [0, 0.05) is 12.8 Å². The molecule has 2 amide bonds. The molecule has 1 N–H and O–H groups in total. The summed E-state index contributed by atoms with van der Waals surface area (Å²) >= 11 is 0. The lowest BCUT2D eigenvalue weighted by Gasteiger charge is -1.89. The number of allylic oxidation sites excluding steroid dienone is 1. The van der Waals surface area contributed by atoms with E-state index in [2.05, 4.69) is 10.3 Å². The number of rotatable bonds is 0. The predicted octanol–water partition coefficient (Wildman–Crippen LogP) is 0.337. The van der Waals surface area contributed by atoms with E-state index in [1.165, 1.54) is 6.21 Å². The van der Waals surface area contributed by atoms with Crippen LogP contribution in [-0.2, 0) is 0 Å². The Bertz CT molecular complexity index is 149. The number of nitrogens with zero attached hydrogens (tertiary/aromatic N) is 1. The summed E-state index contributed by atoms with van der Waals surface area (Å²) in [5.41, 5.74) is 0. The third-order valence-electron chi connectivity index (χ3n) is 0.785. The SMILES string of the molecule is O=C1N=CC=CCN1. The van der Waals surface area contributed by atoms with Crippen LogP contribution in [0.15, 0.2) is 17.1 Å². The van der Waals surface area contributed by atoms with Crippen LogP contribution in [0, 0.1) is 0 Å². The van der Waals surface area contributed by atoms with Crippen molar-refractivity contribution in [1.29, 1.82) is 0 Å². The van der Waals surface area contributed by atoms with Gasteiger partial charge in [-0.2, -0.15) is 0 Å². The van der Waals surface area contributed by atoms with Crippen LogP contribution in [0.4, 0.5) is 4.79 Å². The summed E-state index contributed by atoms with van der Waals surface area (Å²) in [4.78, 5) is 13.8. The highest BCUT2D eigenvalue weighted by Gasteiger charge is 1.92. The molecule has 0 spiro atoms. The fraction of sp³-hybridized carbons (Fsp3) is 0.200. The molecule has 0 aliphatic carbocycles. The zero-order chi connectivity index (χ0) is 5.82. The molecule has 1 aliphatic heterocycles. The van der Waals surface area contributed by atoms with Gasteiger partial charge in [0.2, 0.25) is 0 Å². The molecule has 0 unspecified atom stereocenters. The van der Waals surface area contributed by atoms with Gasteiger partial charge in [-0.25, -0.2) is 9.79 Å². The highest BCUT2D eigenvalue weighted by atomic mass is 16.2. The van der Waals surface area contributed by atoms with Crippen molar-refractivity contribution in [3.8, 4) is 0 Å². The predicted molar refractivity (Wildman–Crippen MR) is 31.0 cm³/mol. The zero-order valence-electron chi connectivity index (χ0n) is 4.29. The minimum atomic E-state index is -0.269. The van der Waals surface area contributed by atoms with Gasteiger partial charge in [0.25, 0.3) is 0 Å². The third-order valence-corrected chi connectivity index (χ3v) is 0.785. The molecule has 3 nitrogen and oxygen atoms in total. The van der Waals surface area contributed by atoms with Crippen molar-refractivity contribution in [2.75, 3.05) is 6.54 Å². The van der Waals surface area contributed by atoms with Gasteiger partial charge in [0.1, 0.15) is 0 Å². The largest absolute Gasteiger partial charge is 0.341 e. The lowest BCUT2D eigenvalue weighted by atomic mass is 10.5. The number of amides is 2. The van der Waals surface area contributed by atoms with Gasteiger partial charge < -0.3 is 5.32 Å². The van der Waals surface area contributed by atoms with Gasteiger partial charge in [-0.15, -0.1) is 0 Å². The van der Waals surface area contributed by atoms with Crippen molar-refractivity contribution in [1.82, 2.24) is 5.32 Å². The summed E-state index contributed by atoms with van der Waals surface area (Å²) in [6, 6.07) is -0.269. The third kappa shape index (κ3) is 1.18. The summed E-state index contributed by atoms with van der Waals surface area (Å²) in [7, 11) is 0. The summed E-state index contributed by atoms with van der Waals surface area (Å²) in [5.74, 6) is 0. The van der Waals surface area contributed by atoms with Gasteiger partial charge in [-0.3, -0.25) is 0 Å². The number of nitrogens with one attached hydrogen (secondary N) is 1. The number of urea groups is 1. The van der Waals surface area contributed by atoms with E-state index >= 15 is 0 Å². The minimum absolute atomic E-state index is 0.269. The number of hydrogen-bond donors (Lipinski definition) is 1. The summed E-state index contributed by atoms with van der Waals surface area (Å²) in [6.45, 7) is 0.582. The van der Waals surface area contributed by atoms with E-state index in [-0.39, 0.29) is 6.03 Å². The first-order chi connectivity index (χ1) is 3.89. The molecule has 0 saturated carbocycles. The lowest BCUT2D eigenvalue weighted by molar-refractivity contribution is 0.250. The highest BCUT2D eigenvalue weighted by molar-refractivity contribution is 5.88. The molecule has 0 bridgehead atoms. The fourth-order valence-electron chi connectivity index (χ4n) is 0.432. The molecular formula is C5H6N2O. The Morgan fingerprint density at radius 1 is 1.75 bits per heavy atom. The maximum Gasteiger partial charge on any atom is 0.341 e. The molecule has 1 rings (SSSR count). The maximum atomic E-state index is 10.3. The molecular weight excluding hydrogens is 104 g/mol. The molecule has 0 fully saturated rings. The van der Waals surface area contributed by atoms with E-state index in [0.29, 0.717) is 6.54 Å². The summed E-state index contributed by atoms with van der Waals surface area (Å²) in [5, 5.41) is 2.52. The molecule has 0 aromatic carbocycles. The van der Waals surface area contributed by atoms with Crippen LogP contribution in [0.1, 0.15) is 0 Å². The van der Waals surface area contributed by atoms with Crippen LogP contribution in [0.2, 0.25) is 0 Å². The second-order valence-corrected chi connectivity index (χ2v) is 1.39. The molecule has 1 heterocycles. The molecule has 0 saturated heterocycles. The minimum Gasteiger partial charge on any atom is -0.333 e. The maximum absolute atomic E-state index is 10.3. The van der Waals surface area contributed by atoms with E-state index in [1.54, 1.807) is 6.08 Å². The molecule has 3 heteroatoms. The van der Waals surface area contributed by atoms with Crippen LogP contribution in [0.5, 0.6) is 0 Å². The Kier molecular flexibility index (Phi) is 1.42. The Balaban J connectivity index is 2.58. The monoisotopic (exact) mass is 110 g/mol. The highest BCUT2D eigenvalue weighted by Crippen LogP contribution is 1.78. The normalized spacial score (nSPS) is 17.8. The zero-order valence-corrected chi connectivity index (χ0v) is 4.29. The first-order valence-corrected chi connectivity index (χ1v) is 2.36. The van der Waals surface area contributed by atoms with Crippen LogP contribution in [-0.4, -0.2) is 18.8 Å². The lowest BCUT2D eigenvalue weighted by Crippen LogP contribution is -2.17. The molecule has 1 aliphatic rings. The second-order valence-electron chi connectivity index (χ2n) is 1.39. The van der Waals surface area contributed by atoms with Crippen LogP contribution in [0.3, 0.4) is 0 Å². The van der Waals surface area contributed by atoms with Crippen molar-refractivity contribution >= 4 is 12.2 Å². The summed E-state index contributed by atoms with van der Waals surface area (Å²) in [6.07, 6.45) is 5.04. The van der Waals surface area contributed by atoms with Gasteiger partial charge in [0.15, 0.2) is 0 Å². The quantitative estimate of drug-likeness (QED) is 0.480. The van der Waals surface area contributed by atoms with E-state index in [9.17, 15) is 4.79 Å². The Morgan fingerprint density at radius 3 is 3.50 bits per heavy atom. The number of hydrogen-bond acceptors (Lipinski definition) is 1. The molecule has 8 heavy (non-hydrogen) atoms. The second kappa shape index (κ2) is 2.26. The number of carbonyl (C=O) groups excluding carboxylic acids is 1. The van der Waals surface area contributed by atoms with Crippen molar-refractivity contribution < 1.29 is 4.79 Å². The van der Waals surface area contributed by atoms with E-state index in [4.69, 9.17) is 0 Å². The average Bonchev–Trinajstić information content (AvgIpc) is 1.94. The van der Waals surface area contributed by atoms with Crippen molar-refractivity contribution in [3.05, 3.63) is 12.2 Å². The number of carbonyl (C=O) groups is 1. The molecule has 42 valence electrons. The Hall–Kier alpha value is -1.12. The van der Waals surface area contributed by atoms with E-state index < -0.39 is 0 Å². The van der Waals surface area contributed by atoms with Gasteiger partial charge in [-0.1, -0.05) is 6.08 Å². The van der Waals surface area contributed by atoms with E-state index in [0.717, 1.165) is 0 Å². The van der Waals surface area contributed by atoms with Crippen molar-refractivity contribution in [3.63, 3.8) is 0 Å². The van der Waals surface area contributed by atoms with Crippen LogP contribution in [0.25, 0.3) is 0 Å². The first-order valence-electron chi connectivity index (χ1n) is 2.36. The molecule has 0 atom stereocenters. The van der Waals surface area contributed by atoms with Crippen molar-refractivity contribution in [2.45, 2.75) is 0 Å². The fourth-order valence-corrected chi connectivity index (χ4v) is 0.432. The van der Waals surface area contributed by atoms with Gasteiger partial charge >= 0.3 is 6.03 Å². The number of aliphatic imine (C=N–C) groups is 1. The van der Waals surface area contributed by atoms with Crippen LogP contribution < -0.4 is 5.32 Å². The molecule has 0 radical (unpaired) electrons. The van der Waals surface area contributed by atoms with Crippen LogP contribution >= 0.6 is 0 Å². The summed E-state index contributed by atoms with van der Waals surface area (Å²) < 4.78 is 0. The van der Waals surface area contributed by atoms with E-state index in [1.807, 2.05) is 6.08 Å². The first kappa shape index (κ1) is 5.03. The topological polar surface area (TPSA) is 41.5 Å². The van der Waals surface area contributed by atoms with Crippen molar-refractivity contribution in [2.24, 2.45) is 4.99 Å². The molecule has 0 aromatic rings. The Morgan fingerprint density at radius 2 is 2.62 bits per heavy atom. The average molecular weight is 110 g/mol. The van der Waals surface area contributed by atoms with Gasteiger partial charge in [-0.05, 0) is 6.08 Å². The smallest absolute Gasteiger partial charge is 0.333 e. The standard InChI is InChI=1S/C5H6N2O/c8-5-6-3-1-2-4-7-5/h1-3H,4H2,(H,7,8). The molecule has 0 aromatic heterocycles.